The van der Waals surface area contributed by atoms with Crippen molar-refractivity contribution in [3.63, 3.8) is 0 Å². The van der Waals surface area contributed by atoms with Crippen LogP contribution in [0.1, 0.15) is 11.4 Å². The van der Waals surface area contributed by atoms with Gasteiger partial charge in [-0.1, -0.05) is 19.6 Å². The van der Waals surface area contributed by atoms with Crippen LogP contribution in [0.15, 0.2) is 12.1 Å². The molecule has 1 heterocycles. The first-order chi connectivity index (χ1) is 12.2. The molecule has 26 heavy (non-hydrogen) atoms. The lowest BCUT2D eigenvalue weighted by Gasteiger charge is -2.16. The van der Waals surface area contributed by atoms with E-state index in [1.54, 1.807) is 10.6 Å². The quantitative estimate of drug-likeness (QED) is 0.350. The molecule has 0 aliphatic rings. The van der Waals surface area contributed by atoms with Gasteiger partial charge < -0.3 is 14.0 Å². The van der Waals surface area contributed by atoms with Gasteiger partial charge in [0, 0.05) is 20.7 Å². The van der Waals surface area contributed by atoms with Crippen molar-refractivity contribution in [3.8, 4) is 11.8 Å². The molecule has 0 spiro atoms. The maximum atomic E-state index is 12.4. The van der Waals surface area contributed by atoms with E-state index in [1.165, 1.54) is 6.07 Å². The molecular formula is C17H22ClF2N3O2Si. The molecule has 0 fully saturated rings. The van der Waals surface area contributed by atoms with Gasteiger partial charge >= 0.3 is 0 Å². The maximum absolute atomic E-state index is 12.4. The first kappa shape index (κ1) is 20.6. The average Bonchev–Trinajstić information content (AvgIpc) is 2.91. The highest BCUT2D eigenvalue weighted by atomic mass is 35.5. The summed E-state index contributed by atoms with van der Waals surface area (Å²) in [5.74, 6) is 0.844. The molecule has 0 N–H and O–H groups in total. The number of benzene rings is 1. The lowest BCUT2D eigenvalue weighted by Crippen LogP contribution is -2.22. The third-order valence-electron chi connectivity index (χ3n) is 3.75. The van der Waals surface area contributed by atoms with Gasteiger partial charge in [-0.15, -0.1) is 11.6 Å². The normalized spacial score (nSPS) is 11.9. The molecule has 2 rings (SSSR count). The van der Waals surface area contributed by atoms with Gasteiger partial charge in [0.05, 0.1) is 22.5 Å². The van der Waals surface area contributed by atoms with Crippen molar-refractivity contribution in [3.05, 3.63) is 23.5 Å². The number of imidazole rings is 1. The van der Waals surface area contributed by atoms with Gasteiger partial charge in [-0.25, -0.2) is 13.8 Å². The van der Waals surface area contributed by atoms with E-state index in [-0.39, 0.29) is 23.9 Å². The summed E-state index contributed by atoms with van der Waals surface area (Å²) in [4.78, 5) is 4.40. The van der Waals surface area contributed by atoms with Gasteiger partial charge in [0.1, 0.15) is 31.0 Å². The van der Waals surface area contributed by atoms with Crippen molar-refractivity contribution in [2.45, 2.75) is 44.7 Å². The fourth-order valence-corrected chi connectivity index (χ4v) is 3.30. The molecule has 0 saturated carbocycles. The standard InChI is InChI=1S/C17H22ClF2N3O2Si/c1-26(2,3)5-4-24-11-23-14-6-12(9-21)15(25-10-16(19)20)7-13(14)22-17(23)8-18/h6-7,16H,4-5,8,10-11H2,1-3H3. The van der Waals surface area contributed by atoms with Gasteiger partial charge in [0.2, 0.25) is 0 Å². The molecule has 0 amide bonds. The fraction of sp³-hybridized carbons (Fsp3) is 0.529. The van der Waals surface area contributed by atoms with Crippen LogP contribution in [0.3, 0.4) is 0 Å². The Hall–Kier alpha value is -1.69. The summed E-state index contributed by atoms with van der Waals surface area (Å²) in [7, 11) is -1.19. The van der Waals surface area contributed by atoms with Crippen molar-refractivity contribution in [1.29, 1.82) is 5.26 Å². The van der Waals surface area contributed by atoms with Gasteiger partial charge in [-0.3, -0.25) is 0 Å². The number of hydrogen-bond donors (Lipinski definition) is 0. The molecule has 0 atom stereocenters. The van der Waals surface area contributed by atoms with Crippen LogP contribution in [0, 0.1) is 11.3 Å². The Balaban J connectivity index is 2.27. The second-order valence-corrected chi connectivity index (χ2v) is 13.0. The molecule has 0 saturated heterocycles. The Bertz CT molecular complexity index is 800. The van der Waals surface area contributed by atoms with Crippen LogP contribution >= 0.6 is 11.6 Å². The summed E-state index contributed by atoms with van der Waals surface area (Å²) in [6.45, 7) is 6.94. The fourth-order valence-electron chi connectivity index (χ4n) is 2.34. The summed E-state index contributed by atoms with van der Waals surface area (Å²) < 4.78 is 37.4. The molecule has 2 aromatic rings. The van der Waals surface area contributed by atoms with Gasteiger partial charge in [-0.2, -0.15) is 5.26 Å². The van der Waals surface area contributed by atoms with E-state index < -0.39 is 21.1 Å². The van der Waals surface area contributed by atoms with Gasteiger partial charge in [-0.05, 0) is 12.1 Å². The van der Waals surface area contributed by atoms with Gasteiger partial charge in [0.25, 0.3) is 6.43 Å². The molecule has 0 radical (unpaired) electrons. The first-order valence-corrected chi connectivity index (χ1v) is 12.5. The van der Waals surface area contributed by atoms with Crippen molar-refractivity contribution in [2.75, 3.05) is 13.2 Å². The molecule has 0 bridgehead atoms. The monoisotopic (exact) mass is 401 g/mol. The predicted octanol–water partition coefficient (Wildman–Crippen LogP) is 4.60. The van der Waals surface area contributed by atoms with Crippen LogP contribution in [0.4, 0.5) is 8.78 Å². The topological polar surface area (TPSA) is 60.1 Å². The zero-order chi connectivity index (χ0) is 19.3. The Morgan fingerprint density at radius 3 is 2.65 bits per heavy atom. The SMILES string of the molecule is C[Si](C)(C)CCOCn1c(CCl)nc2cc(OCC(F)F)c(C#N)cc21. The second kappa shape index (κ2) is 8.80. The third kappa shape index (κ3) is 5.40. The molecule has 142 valence electrons. The summed E-state index contributed by atoms with van der Waals surface area (Å²) in [5.41, 5.74) is 1.36. The zero-order valence-electron chi connectivity index (χ0n) is 15.1. The van der Waals surface area contributed by atoms with Crippen LogP contribution < -0.4 is 4.74 Å². The second-order valence-electron chi connectivity index (χ2n) is 7.09. The van der Waals surface area contributed by atoms with Crippen molar-refractivity contribution in [2.24, 2.45) is 0 Å². The van der Waals surface area contributed by atoms with Crippen LogP contribution in [-0.2, 0) is 17.3 Å². The minimum Gasteiger partial charge on any atom is -0.486 e. The number of hydrogen-bond acceptors (Lipinski definition) is 4. The summed E-state index contributed by atoms with van der Waals surface area (Å²) in [6, 6.07) is 6.07. The number of nitrogens with zero attached hydrogens (tertiary/aromatic N) is 3. The number of fused-ring (bicyclic) bond motifs is 1. The van der Waals surface area contributed by atoms with Crippen LogP contribution in [0.25, 0.3) is 11.0 Å². The molecule has 0 unspecified atom stereocenters. The number of rotatable bonds is 9. The van der Waals surface area contributed by atoms with E-state index in [9.17, 15) is 14.0 Å². The number of aromatic nitrogens is 2. The van der Waals surface area contributed by atoms with Crippen molar-refractivity contribution < 1.29 is 18.3 Å². The number of ether oxygens (including phenoxy) is 2. The Morgan fingerprint density at radius 1 is 1.35 bits per heavy atom. The van der Waals surface area contributed by atoms with E-state index in [4.69, 9.17) is 21.1 Å². The summed E-state index contributed by atoms with van der Waals surface area (Å²) in [6.07, 6.45) is -2.62. The maximum Gasteiger partial charge on any atom is 0.272 e. The first-order valence-electron chi connectivity index (χ1n) is 8.23. The minimum absolute atomic E-state index is 0.0886. The van der Waals surface area contributed by atoms with Crippen molar-refractivity contribution >= 4 is 30.7 Å². The van der Waals surface area contributed by atoms with E-state index in [2.05, 4.69) is 24.6 Å². The number of nitriles is 1. The van der Waals surface area contributed by atoms with E-state index in [0.717, 1.165) is 6.04 Å². The molecule has 1 aromatic heterocycles. The predicted molar refractivity (Wildman–Crippen MR) is 99.6 cm³/mol. The molecule has 5 nitrogen and oxygen atoms in total. The smallest absolute Gasteiger partial charge is 0.272 e. The average molecular weight is 402 g/mol. The molecule has 9 heteroatoms. The van der Waals surface area contributed by atoms with E-state index in [1.807, 2.05) is 6.07 Å². The third-order valence-corrected chi connectivity index (χ3v) is 5.69. The van der Waals surface area contributed by atoms with Crippen LogP contribution in [-0.4, -0.2) is 37.3 Å². The highest BCUT2D eigenvalue weighted by Crippen LogP contribution is 2.27. The lowest BCUT2D eigenvalue weighted by atomic mass is 10.2. The highest BCUT2D eigenvalue weighted by molar-refractivity contribution is 6.76. The number of halogens is 3. The largest absolute Gasteiger partial charge is 0.486 e. The van der Waals surface area contributed by atoms with E-state index >= 15 is 0 Å². The molecule has 0 aliphatic carbocycles. The van der Waals surface area contributed by atoms with Crippen molar-refractivity contribution in [1.82, 2.24) is 9.55 Å². The Labute approximate surface area is 157 Å². The van der Waals surface area contributed by atoms with Gasteiger partial charge in [0.15, 0.2) is 0 Å². The Kier molecular flexibility index (Phi) is 6.98. The van der Waals surface area contributed by atoms with E-state index in [0.29, 0.717) is 23.5 Å². The van der Waals surface area contributed by atoms with Crippen LogP contribution in [0.5, 0.6) is 5.75 Å². The lowest BCUT2D eigenvalue weighted by molar-refractivity contribution is 0.0818. The molecule has 0 aliphatic heterocycles. The number of alkyl halides is 3. The molecular weight excluding hydrogens is 380 g/mol. The summed E-state index contributed by atoms with van der Waals surface area (Å²) >= 11 is 5.98. The highest BCUT2D eigenvalue weighted by Gasteiger charge is 2.17. The van der Waals surface area contributed by atoms with Crippen LogP contribution in [0.2, 0.25) is 25.7 Å². The minimum atomic E-state index is -2.62. The molecule has 1 aromatic carbocycles. The summed E-state index contributed by atoms with van der Waals surface area (Å²) in [5, 5.41) is 9.30. The Morgan fingerprint density at radius 2 is 2.08 bits per heavy atom. The zero-order valence-corrected chi connectivity index (χ0v) is 16.8.